The first kappa shape index (κ1) is 23.5. The predicted octanol–water partition coefficient (Wildman–Crippen LogP) is 5.77. The van der Waals surface area contributed by atoms with Crippen molar-refractivity contribution in [2.75, 3.05) is 26.2 Å². The van der Waals surface area contributed by atoms with Crippen molar-refractivity contribution in [3.8, 4) is 0 Å². The summed E-state index contributed by atoms with van der Waals surface area (Å²) in [6.45, 7) is 13.4. The van der Waals surface area contributed by atoms with Gasteiger partial charge < -0.3 is 14.2 Å². The predicted molar refractivity (Wildman–Crippen MR) is 133 cm³/mol. The van der Waals surface area contributed by atoms with Gasteiger partial charge in [0.1, 0.15) is 5.58 Å². The summed E-state index contributed by atoms with van der Waals surface area (Å²) in [6, 6.07) is 11.1. The van der Waals surface area contributed by atoms with Crippen molar-refractivity contribution in [2.24, 2.45) is 0 Å². The molecule has 6 heteroatoms. The van der Waals surface area contributed by atoms with Crippen molar-refractivity contribution in [1.82, 2.24) is 9.80 Å². The summed E-state index contributed by atoms with van der Waals surface area (Å²) in [6.07, 6.45) is 0. The van der Waals surface area contributed by atoms with Gasteiger partial charge in [-0.15, -0.1) is 0 Å². The van der Waals surface area contributed by atoms with Crippen LogP contribution in [-0.2, 0) is 0 Å². The van der Waals surface area contributed by atoms with E-state index in [9.17, 15) is 9.59 Å². The summed E-state index contributed by atoms with van der Waals surface area (Å²) in [4.78, 5) is 31.3. The van der Waals surface area contributed by atoms with Crippen molar-refractivity contribution in [3.63, 3.8) is 0 Å². The molecule has 4 rings (SSSR count). The minimum Gasteiger partial charge on any atom is -0.450 e. The number of amides is 1. The van der Waals surface area contributed by atoms with Crippen molar-refractivity contribution in [1.29, 1.82) is 0 Å². The molecule has 1 aromatic heterocycles. The molecule has 1 atom stereocenters. The van der Waals surface area contributed by atoms with Gasteiger partial charge >= 0.3 is 0 Å². The first-order valence-electron chi connectivity index (χ1n) is 11.7. The molecule has 0 saturated heterocycles. The molecule has 0 saturated carbocycles. The highest BCUT2D eigenvalue weighted by Crippen LogP contribution is 2.39. The lowest BCUT2D eigenvalue weighted by atomic mass is 9.95. The van der Waals surface area contributed by atoms with Crippen molar-refractivity contribution < 1.29 is 9.21 Å². The second kappa shape index (κ2) is 9.32. The number of aryl methyl sites for hydroxylation is 1. The Morgan fingerprint density at radius 1 is 1.09 bits per heavy atom. The second-order valence-corrected chi connectivity index (χ2v) is 9.43. The minimum atomic E-state index is -0.481. The number of carbonyl (C=O) groups is 1. The van der Waals surface area contributed by atoms with Crippen LogP contribution in [0.5, 0.6) is 0 Å². The summed E-state index contributed by atoms with van der Waals surface area (Å²) in [5, 5.41) is 0.918. The van der Waals surface area contributed by atoms with Gasteiger partial charge in [0.15, 0.2) is 5.43 Å². The summed E-state index contributed by atoms with van der Waals surface area (Å²) in [5.41, 5.74) is 3.54. The quantitative estimate of drug-likeness (QED) is 0.444. The summed E-state index contributed by atoms with van der Waals surface area (Å²) < 4.78 is 6.07. The molecule has 0 radical (unpaired) electrons. The highest BCUT2D eigenvalue weighted by atomic mass is 35.5. The molecular weight excluding hydrogens is 436 g/mol. The van der Waals surface area contributed by atoms with E-state index in [-0.39, 0.29) is 17.1 Å². The lowest BCUT2D eigenvalue weighted by Crippen LogP contribution is -2.37. The van der Waals surface area contributed by atoms with Crippen molar-refractivity contribution in [3.05, 3.63) is 79.7 Å². The van der Waals surface area contributed by atoms with Crippen molar-refractivity contribution >= 4 is 28.5 Å². The lowest BCUT2D eigenvalue weighted by molar-refractivity contribution is 0.0708. The summed E-state index contributed by atoms with van der Waals surface area (Å²) in [7, 11) is 0. The summed E-state index contributed by atoms with van der Waals surface area (Å²) >= 11 is 6.32. The van der Waals surface area contributed by atoms with E-state index in [2.05, 4.69) is 44.7 Å². The molecule has 33 heavy (non-hydrogen) atoms. The fourth-order valence-electron chi connectivity index (χ4n) is 4.57. The Labute approximate surface area is 199 Å². The van der Waals surface area contributed by atoms with Crippen LogP contribution in [0.4, 0.5) is 0 Å². The number of halogens is 1. The molecule has 0 bridgehead atoms. The number of nitrogens with zero attached hydrogens (tertiary/aromatic N) is 2. The molecule has 2 heterocycles. The molecule has 0 fully saturated rings. The zero-order valence-corrected chi connectivity index (χ0v) is 20.7. The summed E-state index contributed by atoms with van der Waals surface area (Å²) in [5.74, 6) is 0.308. The van der Waals surface area contributed by atoms with E-state index in [0.717, 1.165) is 30.8 Å². The number of fused-ring (bicyclic) bond motifs is 2. The highest BCUT2D eigenvalue weighted by Gasteiger charge is 2.42. The van der Waals surface area contributed by atoms with E-state index in [1.54, 1.807) is 17.0 Å². The maximum Gasteiger partial charge on any atom is 0.290 e. The average molecular weight is 467 g/mol. The molecule has 2 aromatic carbocycles. The number of carbonyl (C=O) groups excluding carboxylic acids is 1. The largest absolute Gasteiger partial charge is 0.450 e. The number of hydrogen-bond donors (Lipinski definition) is 0. The van der Waals surface area contributed by atoms with Gasteiger partial charge in [0.05, 0.1) is 17.0 Å². The van der Waals surface area contributed by atoms with Crippen LogP contribution in [0.2, 0.25) is 5.02 Å². The zero-order chi connectivity index (χ0) is 23.9. The van der Waals surface area contributed by atoms with E-state index in [1.807, 2.05) is 19.1 Å². The molecule has 174 valence electrons. The maximum absolute atomic E-state index is 13.7. The second-order valence-electron chi connectivity index (χ2n) is 9.02. The number of benzene rings is 2. The normalized spacial score (nSPS) is 15.8. The smallest absolute Gasteiger partial charge is 0.290 e. The molecule has 0 spiro atoms. The molecule has 1 amide bonds. The molecule has 3 aromatic rings. The van der Waals surface area contributed by atoms with Gasteiger partial charge in [0, 0.05) is 18.1 Å². The van der Waals surface area contributed by atoms with Gasteiger partial charge in [-0.2, -0.15) is 0 Å². The van der Waals surface area contributed by atoms with Crippen LogP contribution < -0.4 is 5.43 Å². The van der Waals surface area contributed by atoms with E-state index in [0.29, 0.717) is 34.0 Å². The fraction of sp³-hybridized carbons (Fsp3) is 0.407. The zero-order valence-electron chi connectivity index (χ0n) is 19.9. The van der Waals surface area contributed by atoms with Gasteiger partial charge in [-0.05, 0) is 54.8 Å². The van der Waals surface area contributed by atoms with Crippen LogP contribution in [0.15, 0.2) is 45.6 Å². The van der Waals surface area contributed by atoms with Crippen molar-refractivity contribution in [2.45, 2.75) is 46.6 Å². The first-order chi connectivity index (χ1) is 15.8. The third kappa shape index (κ3) is 4.20. The maximum atomic E-state index is 13.7. The van der Waals surface area contributed by atoms with Crippen LogP contribution in [0.3, 0.4) is 0 Å². The highest BCUT2D eigenvalue weighted by molar-refractivity contribution is 6.32. The van der Waals surface area contributed by atoms with E-state index in [4.69, 9.17) is 16.0 Å². The standard InChI is InChI=1S/C27H31ClN2O3/c1-6-29(7-2)12-13-30-24(19-10-8-18(9-11-19)16(3)4)23-25(31)20-15-21(28)17(5)14-22(20)33-26(23)27(30)32/h8-11,14-16,24H,6-7,12-13H2,1-5H3. The Morgan fingerprint density at radius 2 is 1.76 bits per heavy atom. The van der Waals surface area contributed by atoms with E-state index < -0.39 is 6.04 Å². The Hall–Kier alpha value is -2.63. The van der Waals surface area contributed by atoms with Gasteiger partial charge in [-0.1, -0.05) is 63.6 Å². The van der Waals surface area contributed by atoms with Gasteiger partial charge in [-0.3, -0.25) is 9.59 Å². The van der Waals surface area contributed by atoms with Gasteiger partial charge in [0.25, 0.3) is 5.91 Å². The Kier molecular flexibility index (Phi) is 6.64. The number of likely N-dealkylation sites (N-methyl/N-ethyl adjacent to an activating group) is 1. The third-order valence-electron chi connectivity index (χ3n) is 6.72. The Morgan fingerprint density at radius 3 is 2.36 bits per heavy atom. The molecule has 0 aliphatic carbocycles. The van der Waals surface area contributed by atoms with Crippen LogP contribution in [-0.4, -0.2) is 41.9 Å². The van der Waals surface area contributed by atoms with E-state index >= 15 is 0 Å². The lowest BCUT2D eigenvalue weighted by Gasteiger charge is -2.28. The minimum absolute atomic E-state index is 0.145. The SMILES string of the molecule is CCN(CC)CCN1C(=O)c2oc3cc(C)c(Cl)cc3c(=O)c2C1c1ccc(C(C)C)cc1. The van der Waals surface area contributed by atoms with Crippen LogP contribution in [0, 0.1) is 6.92 Å². The molecule has 1 unspecified atom stereocenters. The van der Waals surface area contributed by atoms with Crippen LogP contribution in [0.1, 0.15) is 72.5 Å². The molecule has 1 aliphatic rings. The molecular formula is C27H31ClN2O3. The first-order valence-corrected chi connectivity index (χ1v) is 12.0. The molecule has 5 nitrogen and oxygen atoms in total. The Bertz CT molecular complexity index is 1240. The van der Waals surface area contributed by atoms with Gasteiger partial charge in [0.2, 0.25) is 5.76 Å². The number of hydrogen-bond acceptors (Lipinski definition) is 4. The molecule has 0 N–H and O–H groups in total. The molecule has 1 aliphatic heterocycles. The monoisotopic (exact) mass is 466 g/mol. The Balaban J connectivity index is 1.88. The topological polar surface area (TPSA) is 53.8 Å². The van der Waals surface area contributed by atoms with Crippen LogP contribution in [0.25, 0.3) is 11.0 Å². The average Bonchev–Trinajstić information content (AvgIpc) is 3.08. The van der Waals surface area contributed by atoms with Crippen LogP contribution >= 0.6 is 11.6 Å². The van der Waals surface area contributed by atoms with Gasteiger partial charge in [-0.25, -0.2) is 0 Å². The third-order valence-corrected chi connectivity index (χ3v) is 7.12. The number of rotatable bonds is 7. The fourth-order valence-corrected chi connectivity index (χ4v) is 4.73. The van der Waals surface area contributed by atoms with E-state index in [1.165, 1.54) is 5.56 Å².